The van der Waals surface area contributed by atoms with E-state index in [-0.39, 0.29) is 25.7 Å². The molecular formula is C78H152O17P2. The molecule has 97 heavy (non-hydrogen) atoms. The van der Waals surface area contributed by atoms with Gasteiger partial charge in [0.1, 0.15) is 19.3 Å². The summed E-state index contributed by atoms with van der Waals surface area (Å²) in [6.07, 6.45) is 58.3. The third-order valence-electron chi connectivity index (χ3n) is 18.2. The molecule has 0 amide bonds. The average molecular weight is 1420 g/mol. The monoisotopic (exact) mass is 1420 g/mol. The molecular weight excluding hydrogens is 1270 g/mol. The number of rotatable bonds is 77. The van der Waals surface area contributed by atoms with E-state index < -0.39 is 97.5 Å². The lowest BCUT2D eigenvalue weighted by Crippen LogP contribution is -2.30. The van der Waals surface area contributed by atoms with Crippen LogP contribution in [0.15, 0.2) is 0 Å². The molecule has 0 aromatic heterocycles. The van der Waals surface area contributed by atoms with Crippen LogP contribution in [0.2, 0.25) is 0 Å². The molecule has 576 valence electrons. The van der Waals surface area contributed by atoms with Crippen LogP contribution in [0, 0.1) is 11.8 Å². The second kappa shape index (κ2) is 69.8. The summed E-state index contributed by atoms with van der Waals surface area (Å²) in [5, 5.41) is 10.6. The van der Waals surface area contributed by atoms with Gasteiger partial charge in [-0.1, -0.05) is 356 Å². The number of hydrogen-bond donors (Lipinski definition) is 3. The van der Waals surface area contributed by atoms with E-state index in [9.17, 15) is 43.2 Å². The first-order valence-electron chi connectivity index (χ1n) is 40.5. The molecule has 2 unspecified atom stereocenters. The van der Waals surface area contributed by atoms with E-state index in [1.54, 1.807) is 0 Å². The predicted molar refractivity (Wildman–Crippen MR) is 395 cm³/mol. The topological polar surface area (TPSA) is 237 Å². The number of hydrogen-bond acceptors (Lipinski definition) is 15. The quantitative estimate of drug-likeness (QED) is 0.0222. The molecule has 3 N–H and O–H groups in total. The van der Waals surface area contributed by atoms with Gasteiger partial charge >= 0.3 is 39.5 Å². The fraction of sp³-hybridized carbons (Fsp3) is 0.949. The molecule has 0 spiro atoms. The molecule has 0 fully saturated rings. The van der Waals surface area contributed by atoms with Crippen LogP contribution in [-0.4, -0.2) is 96.7 Å². The van der Waals surface area contributed by atoms with Crippen LogP contribution >= 0.6 is 15.6 Å². The van der Waals surface area contributed by atoms with Crippen LogP contribution in [0.4, 0.5) is 0 Å². The molecule has 0 aromatic carbocycles. The second-order valence-electron chi connectivity index (χ2n) is 29.1. The predicted octanol–water partition coefficient (Wildman–Crippen LogP) is 23.1. The van der Waals surface area contributed by atoms with Crippen molar-refractivity contribution >= 4 is 39.5 Å². The Balaban J connectivity index is 5.24. The van der Waals surface area contributed by atoms with Crippen molar-refractivity contribution in [2.45, 2.75) is 426 Å². The lowest BCUT2D eigenvalue weighted by Gasteiger charge is -2.21. The Morgan fingerprint density at radius 2 is 0.474 bits per heavy atom. The van der Waals surface area contributed by atoms with Crippen LogP contribution < -0.4 is 0 Å². The number of aliphatic hydroxyl groups excluding tert-OH is 1. The van der Waals surface area contributed by atoms with E-state index in [1.165, 1.54) is 225 Å². The highest BCUT2D eigenvalue weighted by molar-refractivity contribution is 7.47. The summed E-state index contributed by atoms with van der Waals surface area (Å²) in [4.78, 5) is 72.9. The number of unbranched alkanes of at least 4 members (excludes halogenated alkanes) is 47. The SMILES string of the molecule is CCCCCCCCCCCCCCCCCCCCCC(=O)O[C@H](COC(=O)CCCCCCCCCCCCCCCC)COP(=O)(O)OC[C@@H](O)COP(=O)(O)OC[C@@H](COC(=O)CCCCCCCCCCCC(C)C)OC(=O)CCCCCCCCCCCC(C)C. The van der Waals surface area contributed by atoms with Gasteiger partial charge in [-0.25, -0.2) is 9.13 Å². The van der Waals surface area contributed by atoms with Gasteiger partial charge in [-0.3, -0.25) is 37.3 Å². The number of carbonyl (C=O) groups is 4. The van der Waals surface area contributed by atoms with E-state index in [1.807, 2.05) is 0 Å². The molecule has 17 nitrogen and oxygen atoms in total. The first-order valence-corrected chi connectivity index (χ1v) is 43.5. The lowest BCUT2D eigenvalue weighted by atomic mass is 10.0. The van der Waals surface area contributed by atoms with Crippen molar-refractivity contribution in [3.05, 3.63) is 0 Å². The number of esters is 4. The van der Waals surface area contributed by atoms with Crippen molar-refractivity contribution in [3.8, 4) is 0 Å². The Morgan fingerprint density at radius 3 is 0.701 bits per heavy atom. The van der Waals surface area contributed by atoms with Gasteiger partial charge in [0, 0.05) is 25.7 Å². The van der Waals surface area contributed by atoms with Crippen LogP contribution in [-0.2, 0) is 65.4 Å². The number of aliphatic hydroxyl groups is 1. The van der Waals surface area contributed by atoms with E-state index in [0.29, 0.717) is 25.7 Å². The van der Waals surface area contributed by atoms with E-state index in [2.05, 4.69) is 41.5 Å². The minimum absolute atomic E-state index is 0.105. The smallest absolute Gasteiger partial charge is 0.462 e. The van der Waals surface area contributed by atoms with Crippen LogP contribution in [0.1, 0.15) is 408 Å². The molecule has 0 rings (SSSR count). The number of ether oxygens (including phenoxy) is 4. The van der Waals surface area contributed by atoms with Crippen molar-refractivity contribution in [2.75, 3.05) is 39.6 Å². The second-order valence-corrected chi connectivity index (χ2v) is 32.0. The Hall–Kier alpha value is -1.94. The van der Waals surface area contributed by atoms with Gasteiger partial charge < -0.3 is 33.8 Å². The zero-order valence-electron chi connectivity index (χ0n) is 63.4. The zero-order valence-corrected chi connectivity index (χ0v) is 65.2. The largest absolute Gasteiger partial charge is 0.472 e. The minimum Gasteiger partial charge on any atom is -0.462 e. The number of phosphoric ester groups is 2. The maximum Gasteiger partial charge on any atom is 0.472 e. The summed E-state index contributed by atoms with van der Waals surface area (Å²) >= 11 is 0. The molecule has 0 aliphatic carbocycles. The highest BCUT2D eigenvalue weighted by Gasteiger charge is 2.30. The Kier molecular flexibility index (Phi) is 68.4. The van der Waals surface area contributed by atoms with Crippen molar-refractivity contribution in [1.29, 1.82) is 0 Å². The molecule has 5 atom stereocenters. The summed E-state index contributed by atoms with van der Waals surface area (Å²) in [7, 11) is -9.91. The fourth-order valence-corrected chi connectivity index (χ4v) is 13.6. The third-order valence-corrected chi connectivity index (χ3v) is 20.1. The fourth-order valence-electron chi connectivity index (χ4n) is 12.0. The third kappa shape index (κ3) is 72.2. The summed E-state index contributed by atoms with van der Waals surface area (Å²) < 4.78 is 68.6. The van der Waals surface area contributed by atoms with Gasteiger partial charge in [0.2, 0.25) is 0 Å². The van der Waals surface area contributed by atoms with Gasteiger partial charge in [0.05, 0.1) is 26.4 Å². The number of carbonyl (C=O) groups excluding carboxylic acids is 4. The van der Waals surface area contributed by atoms with Gasteiger partial charge in [-0.15, -0.1) is 0 Å². The normalized spacial score (nSPS) is 14.0. The molecule has 19 heteroatoms. The summed E-state index contributed by atoms with van der Waals surface area (Å²) in [6.45, 7) is 9.57. The molecule has 0 aliphatic heterocycles. The summed E-state index contributed by atoms with van der Waals surface area (Å²) in [5.41, 5.74) is 0. The molecule has 0 saturated carbocycles. The minimum atomic E-state index is -4.96. The molecule has 0 bridgehead atoms. The van der Waals surface area contributed by atoms with Crippen molar-refractivity contribution in [1.82, 2.24) is 0 Å². The van der Waals surface area contributed by atoms with E-state index >= 15 is 0 Å². The van der Waals surface area contributed by atoms with Gasteiger partial charge in [0.25, 0.3) is 0 Å². The van der Waals surface area contributed by atoms with Crippen molar-refractivity contribution in [3.63, 3.8) is 0 Å². The zero-order chi connectivity index (χ0) is 71.4. The average Bonchev–Trinajstić information content (AvgIpc) is 1.07. The van der Waals surface area contributed by atoms with E-state index in [0.717, 1.165) is 102 Å². The van der Waals surface area contributed by atoms with E-state index in [4.69, 9.17) is 37.0 Å². The molecule has 0 heterocycles. The first-order chi connectivity index (χ1) is 46.9. The van der Waals surface area contributed by atoms with Gasteiger partial charge in [0.15, 0.2) is 12.2 Å². The number of phosphoric acid groups is 2. The van der Waals surface area contributed by atoms with Gasteiger partial charge in [-0.05, 0) is 37.5 Å². The summed E-state index contributed by atoms with van der Waals surface area (Å²) in [5.74, 6) is -0.632. The van der Waals surface area contributed by atoms with Crippen molar-refractivity contribution < 1.29 is 80.2 Å². The lowest BCUT2D eigenvalue weighted by molar-refractivity contribution is -0.161. The molecule has 0 radical (unpaired) electrons. The highest BCUT2D eigenvalue weighted by Crippen LogP contribution is 2.45. The van der Waals surface area contributed by atoms with Crippen molar-refractivity contribution in [2.24, 2.45) is 11.8 Å². The maximum absolute atomic E-state index is 13.1. The Bertz CT molecular complexity index is 1870. The van der Waals surface area contributed by atoms with Crippen LogP contribution in [0.25, 0.3) is 0 Å². The maximum atomic E-state index is 13.1. The Morgan fingerprint density at radius 1 is 0.278 bits per heavy atom. The Labute approximate surface area is 594 Å². The standard InChI is InChI=1S/C78H152O17P2/c1-7-9-11-13-15-17-19-21-23-24-25-26-27-29-31-37-44-50-56-62-77(82)94-73(66-88-75(80)60-54-48-42-36-30-28-22-20-18-16-14-12-10-8-2)68-92-96(84,85)90-64-72(79)65-91-97(86,87)93-69-74(95-78(83)63-57-51-45-39-33-35-41-47-53-59-71(5)6)67-89-76(81)61-55-49-43-38-32-34-40-46-52-58-70(3)4/h70-74,79H,7-69H2,1-6H3,(H,84,85)(H,86,87)/t72-,73-,74-/m1/s1. The first kappa shape index (κ1) is 95.1. The highest BCUT2D eigenvalue weighted by atomic mass is 31.2. The van der Waals surface area contributed by atoms with Gasteiger partial charge in [-0.2, -0.15) is 0 Å². The molecule has 0 aliphatic rings. The molecule has 0 aromatic rings. The molecule has 0 saturated heterocycles. The van der Waals surface area contributed by atoms with Crippen LogP contribution in [0.5, 0.6) is 0 Å². The summed E-state index contributed by atoms with van der Waals surface area (Å²) in [6, 6.07) is 0. The van der Waals surface area contributed by atoms with Crippen LogP contribution in [0.3, 0.4) is 0 Å².